The van der Waals surface area contributed by atoms with Gasteiger partial charge in [-0.25, -0.2) is 4.79 Å². The Morgan fingerprint density at radius 3 is 1.88 bits per heavy atom. The van der Waals surface area contributed by atoms with Crippen molar-refractivity contribution in [2.75, 3.05) is 13.7 Å². The Morgan fingerprint density at radius 2 is 1.41 bits per heavy atom. The van der Waals surface area contributed by atoms with Crippen molar-refractivity contribution in [3.63, 3.8) is 0 Å². The Hall–Kier alpha value is -2.28. The van der Waals surface area contributed by atoms with Gasteiger partial charge in [0.1, 0.15) is 11.6 Å². The van der Waals surface area contributed by atoms with Gasteiger partial charge in [0.25, 0.3) is 0 Å². The van der Waals surface area contributed by atoms with E-state index in [0.29, 0.717) is 29.4 Å². The van der Waals surface area contributed by atoms with Crippen LogP contribution in [0.2, 0.25) is 10.0 Å². The molecule has 0 bridgehead atoms. The molecule has 1 amide bonds. The maximum Gasteiger partial charge on any atom is 0.407 e. The zero-order valence-corrected chi connectivity index (χ0v) is 20.3. The molecule has 2 N–H and O–H groups in total. The predicted octanol–water partition coefficient (Wildman–Crippen LogP) is 4.80. The van der Waals surface area contributed by atoms with E-state index in [-0.39, 0.29) is 12.0 Å². The van der Waals surface area contributed by atoms with Crippen LogP contribution in [0.3, 0.4) is 0 Å². The van der Waals surface area contributed by atoms with Crippen LogP contribution in [0.4, 0.5) is 4.79 Å². The number of ether oxygens (including phenoxy) is 2. The van der Waals surface area contributed by atoms with Crippen LogP contribution in [0, 0.1) is 0 Å². The SMILES string of the molecule is COC(=O)[C@H](Cc1ccc(Cl)cc1)NC[C@H](Cc1ccc(Cl)cc1)NC(=O)OC(C)(C)C. The molecule has 174 valence electrons. The molecule has 0 aliphatic heterocycles. The molecule has 0 aliphatic carbocycles. The van der Waals surface area contributed by atoms with E-state index in [1.165, 1.54) is 7.11 Å². The molecule has 0 radical (unpaired) electrons. The van der Waals surface area contributed by atoms with Crippen molar-refractivity contribution in [2.45, 2.75) is 51.3 Å². The predicted molar refractivity (Wildman–Crippen MR) is 127 cm³/mol. The molecule has 8 heteroatoms. The number of rotatable bonds is 9. The summed E-state index contributed by atoms with van der Waals surface area (Å²) in [4.78, 5) is 24.7. The summed E-state index contributed by atoms with van der Waals surface area (Å²) in [6, 6.07) is 13.8. The molecule has 6 nitrogen and oxygen atoms in total. The summed E-state index contributed by atoms with van der Waals surface area (Å²) in [5.41, 5.74) is 1.31. The summed E-state index contributed by atoms with van der Waals surface area (Å²) in [5.74, 6) is -0.387. The van der Waals surface area contributed by atoms with E-state index < -0.39 is 17.7 Å². The van der Waals surface area contributed by atoms with Gasteiger partial charge >= 0.3 is 12.1 Å². The quantitative estimate of drug-likeness (QED) is 0.503. The minimum atomic E-state index is -0.620. The van der Waals surface area contributed by atoms with E-state index in [2.05, 4.69) is 10.6 Å². The van der Waals surface area contributed by atoms with Crippen LogP contribution in [-0.4, -0.2) is 43.4 Å². The average Bonchev–Trinajstić information content (AvgIpc) is 2.72. The van der Waals surface area contributed by atoms with E-state index in [9.17, 15) is 9.59 Å². The van der Waals surface area contributed by atoms with Crippen LogP contribution in [0.15, 0.2) is 48.5 Å². The zero-order chi connectivity index (χ0) is 23.7. The van der Waals surface area contributed by atoms with Crippen molar-refractivity contribution in [2.24, 2.45) is 0 Å². The Morgan fingerprint density at radius 1 is 0.906 bits per heavy atom. The first-order chi connectivity index (χ1) is 15.1. The maximum atomic E-state index is 12.4. The highest BCUT2D eigenvalue weighted by Gasteiger charge is 2.24. The van der Waals surface area contributed by atoms with Crippen molar-refractivity contribution in [1.82, 2.24) is 10.6 Å². The summed E-state index contributed by atoms with van der Waals surface area (Å²) in [6.45, 7) is 5.74. The summed E-state index contributed by atoms with van der Waals surface area (Å²) in [5, 5.41) is 7.39. The number of hydrogen-bond acceptors (Lipinski definition) is 5. The smallest absolute Gasteiger partial charge is 0.407 e. The lowest BCUT2D eigenvalue weighted by Crippen LogP contribution is -2.50. The van der Waals surface area contributed by atoms with Gasteiger partial charge in [-0.05, 0) is 69.0 Å². The van der Waals surface area contributed by atoms with Gasteiger partial charge in [-0.2, -0.15) is 0 Å². The fourth-order valence-corrected chi connectivity index (χ4v) is 3.33. The monoisotopic (exact) mass is 480 g/mol. The van der Waals surface area contributed by atoms with Gasteiger partial charge in [0.15, 0.2) is 0 Å². The Bertz CT molecular complexity index is 880. The van der Waals surface area contributed by atoms with Gasteiger partial charge in [0.2, 0.25) is 0 Å². The normalized spacial score (nSPS) is 13.2. The molecule has 0 saturated heterocycles. The first kappa shape index (κ1) is 26.0. The van der Waals surface area contributed by atoms with Crippen LogP contribution in [0.5, 0.6) is 0 Å². The van der Waals surface area contributed by atoms with E-state index in [4.69, 9.17) is 32.7 Å². The van der Waals surface area contributed by atoms with Crippen LogP contribution in [0.25, 0.3) is 0 Å². The molecular formula is C24H30Cl2N2O4. The molecule has 2 atom stereocenters. The first-order valence-corrected chi connectivity index (χ1v) is 11.1. The molecule has 2 aromatic carbocycles. The standard InChI is InChI=1S/C24H30Cl2N2O4/c1-24(2,3)32-23(30)28-20(13-16-5-9-18(25)10-6-16)15-27-21(22(29)31-4)14-17-7-11-19(26)12-8-17/h5-12,20-21,27H,13-15H2,1-4H3,(H,28,30)/t20-,21-/m0/s1. The number of esters is 1. The summed E-state index contributed by atoms with van der Waals surface area (Å²) >= 11 is 11.9. The third kappa shape index (κ3) is 9.47. The topological polar surface area (TPSA) is 76.7 Å². The van der Waals surface area contributed by atoms with Crippen LogP contribution in [-0.2, 0) is 27.1 Å². The molecule has 0 heterocycles. The minimum absolute atomic E-state index is 0.329. The Balaban J connectivity index is 2.11. The minimum Gasteiger partial charge on any atom is -0.468 e. The van der Waals surface area contributed by atoms with E-state index in [1.807, 2.05) is 24.3 Å². The Labute approximate surface area is 199 Å². The van der Waals surface area contributed by atoms with E-state index in [0.717, 1.165) is 11.1 Å². The summed E-state index contributed by atoms with van der Waals surface area (Å²) < 4.78 is 10.4. The molecule has 2 aromatic rings. The first-order valence-electron chi connectivity index (χ1n) is 10.4. The van der Waals surface area contributed by atoms with Crippen LogP contribution >= 0.6 is 23.2 Å². The molecule has 32 heavy (non-hydrogen) atoms. The van der Waals surface area contributed by atoms with Crippen molar-refractivity contribution in [3.05, 3.63) is 69.7 Å². The maximum absolute atomic E-state index is 12.4. The van der Waals surface area contributed by atoms with Gasteiger partial charge in [0, 0.05) is 22.6 Å². The highest BCUT2D eigenvalue weighted by molar-refractivity contribution is 6.30. The summed E-state index contributed by atoms with van der Waals surface area (Å²) in [7, 11) is 1.35. The number of amides is 1. The number of benzene rings is 2. The van der Waals surface area contributed by atoms with E-state index >= 15 is 0 Å². The number of hydrogen-bond donors (Lipinski definition) is 2. The average molecular weight is 481 g/mol. The van der Waals surface area contributed by atoms with Crippen molar-refractivity contribution < 1.29 is 19.1 Å². The third-order valence-electron chi connectivity index (χ3n) is 4.57. The second kappa shape index (κ2) is 12.1. The lowest BCUT2D eigenvalue weighted by atomic mass is 10.0. The van der Waals surface area contributed by atoms with Gasteiger partial charge in [-0.1, -0.05) is 47.5 Å². The zero-order valence-electron chi connectivity index (χ0n) is 18.8. The third-order valence-corrected chi connectivity index (χ3v) is 5.07. The number of alkyl carbamates (subject to hydrolysis) is 1. The Kier molecular flexibility index (Phi) is 9.82. The van der Waals surface area contributed by atoms with Crippen LogP contribution in [0.1, 0.15) is 31.9 Å². The number of methoxy groups -OCH3 is 1. The van der Waals surface area contributed by atoms with Crippen molar-refractivity contribution in [1.29, 1.82) is 0 Å². The fraction of sp³-hybridized carbons (Fsp3) is 0.417. The lowest BCUT2D eigenvalue weighted by molar-refractivity contribution is -0.143. The molecule has 0 spiro atoms. The molecule has 0 aromatic heterocycles. The van der Waals surface area contributed by atoms with Crippen molar-refractivity contribution in [3.8, 4) is 0 Å². The second-order valence-electron chi connectivity index (χ2n) is 8.49. The molecule has 0 unspecified atom stereocenters. The number of nitrogens with one attached hydrogen (secondary N) is 2. The lowest BCUT2D eigenvalue weighted by Gasteiger charge is -2.25. The highest BCUT2D eigenvalue weighted by Crippen LogP contribution is 2.14. The van der Waals surface area contributed by atoms with Gasteiger partial charge < -0.3 is 20.1 Å². The highest BCUT2D eigenvalue weighted by atomic mass is 35.5. The molecule has 0 saturated carbocycles. The number of carbonyl (C=O) groups is 2. The van der Waals surface area contributed by atoms with Gasteiger partial charge in [-0.15, -0.1) is 0 Å². The molecule has 2 rings (SSSR count). The second-order valence-corrected chi connectivity index (χ2v) is 9.36. The number of halogens is 2. The molecule has 0 aliphatic rings. The fourth-order valence-electron chi connectivity index (χ4n) is 3.08. The van der Waals surface area contributed by atoms with E-state index in [1.54, 1.807) is 45.0 Å². The molecule has 0 fully saturated rings. The summed E-state index contributed by atoms with van der Waals surface area (Å²) in [6.07, 6.45) is 0.424. The van der Waals surface area contributed by atoms with Crippen LogP contribution < -0.4 is 10.6 Å². The van der Waals surface area contributed by atoms with Crippen molar-refractivity contribution >= 4 is 35.3 Å². The van der Waals surface area contributed by atoms with Gasteiger partial charge in [0.05, 0.1) is 7.11 Å². The largest absolute Gasteiger partial charge is 0.468 e. The number of carbonyl (C=O) groups excluding carboxylic acids is 2. The molecular weight excluding hydrogens is 451 g/mol. The van der Waals surface area contributed by atoms with Gasteiger partial charge in [-0.3, -0.25) is 4.79 Å².